The lowest BCUT2D eigenvalue weighted by atomic mass is 9.92. The van der Waals surface area contributed by atoms with Crippen molar-refractivity contribution in [2.24, 2.45) is 5.92 Å². The monoisotopic (exact) mass is 397 g/mol. The van der Waals surface area contributed by atoms with Gasteiger partial charge < -0.3 is 14.6 Å². The van der Waals surface area contributed by atoms with Gasteiger partial charge in [0, 0.05) is 18.4 Å². The molecule has 1 N–H and O–H groups in total. The minimum absolute atomic E-state index is 0.149. The lowest BCUT2D eigenvalue weighted by Crippen LogP contribution is -2.60. The molecule has 3 heterocycles. The number of thioether (sulfide) groups is 1. The van der Waals surface area contributed by atoms with Gasteiger partial charge in [-0.2, -0.15) is 0 Å². The summed E-state index contributed by atoms with van der Waals surface area (Å²) in [7, 11) is 0. The van der Waals surface area contributed by atoms with E-state index >= 15 is 0 Å². The van der Waals surface area contributed by atoms with Crippen LogP contribution in [0.5, 0.6) is 0 Å². The number of aromatic nitrogens is 4. The number of carbonyl (C=O) groups is 3. The summed E-state index contributed by atoms with van der Waals surface area (Å²) >= 11 is 1.37. The molecule has 1 aromatic rings. The second-order valence-electron chi connectivity index (χ2n) is 6.12. The number of hydrogen-bond donors (Lipinski definition) is 1. The highest BCUT2D eigenvalue weighted by Crippen LogP contribution is 2.51. The van der Waals surface area contributed by atoms with Crippen LogP contribution in [0.2, 0.25) is 0 Å². The Bertz CT molecular complexity index is 765. The maximum Gasteiger partial charge on any atom is 0.358 e. The fourth-order valence-corrected chi connectivity index (χ4v) is 4.59. The topological polar surface area (TPSA) is 137 Å². The van der Waals surface area contributed by atoms with E-state index in [1.807, 2.05) is 0 Å². The number of esters is 2. The largest absolute Gasteiger partial charge is 0.428 e. The van der Waals surface area contributed by atoms with Crippen molar-refractivity contribution < 1.29 is 29.0 Å². The van der Waals surface area contributed by atoms with Gasteiger partial charge in [-0.1, -0.05) is 0 Å². The summed E-state index contributed by atoms with van der Waals surface area (Å²) in [5.41, 5.74) is 0.149. The summed E-state index contributed by atoms with van der Waals surface area (Å²) in [5.74, 6) is -2.20. The van der Waals surface area contributed by atoms with E-state index in [0.29, 0.717) is 24.3 Å². The molecule has 27 heavy (non-hydrogen) atoms. The van der Waals surface area contributed by atoms with Crippen LogP contribution in [-0.4, -0.2) is 66.3 Å². The maximum absolute atomic E-state index is 12.5. The van der Waals surface area contributed by atoms with Crippen LogP contribution in [0.25, 0.3) is 0 Å². The van der Waals surface area contributed by atoms with Crippen LogP contribution in [-0.2, 0) is 30.4 Å². The van der Waals surface area contributed by atoms with Gasteiger partial charge in [-0.05, 0) is 30.2 Å². The minimum atomic E-state index is -0.815. The van der Waals surface area contributed by atoms with E-state index < -0.39 is 30.8 Å². The molecule has 3 atom stereocenters. The van der Waals surface area contributed by atoms with Gasteiger partial charge in [-0.15, -0.1) is 16.9 Å². The van der Waals surface area contributed by atoms with Gasteiger partial charge in [-0.3, -0.25) is 14.5 Å². The molecule has 2 aliphatic heterocycles. The van der Waals surface area contributed by atoms with E-state index in [9.17, 15) is 19.5 Å². The maximum atomic E-state index is 12.5. The molecule has 1 aromatic heterocycles. The number of tetrazole rings is 1. The van der Waals surface area contributed by atoms with Crippen LogP contribution in [0.15, 0.2) is 16.9 Å². The number of aryl methyl sites for hydroxylation is 1. The second-order valence-corrected chi connectivity index (χ2v) is 7.33. The molecule has 0 aromatic carbocycles. The number of amides is 1. The molecule has 0 spiro atoms. The Morgan fingerprint density at radius 3 is 2.81 bits per heavy atom. The quantitative estimate of drug-likeness (QED) is 0.352. The van der Waals surface area contributed by atoms with Gasteiger partial charge in [0.05, 0.1) is 12.0 Å². The molecule has 0 bridgehead atoms. The molecule has 1 fully saturated rings. The number of aliphatic hydroxyl groups is 1. The third kappa shape index (κ3) is 3.95. The molecule has 0 radical (unpaired) electrons. The van der Waals surface area contributed by atoms with Crippen molar-refractivity contribution in [3.05, 3.63) is 16.9 Å². The van der Waals surface area contributed by atoms with Crippen LogP contribution in [0.4, 0.5) is 0 Å². The zero-order valence-electron chi connectivity index (χ0n) is 14.8. The van der Waals surface area contributed by atoms with Crippen molar-refractivity contribution in [2.75, 3.05) is 6.79 Å². The summed E-state index contributed by atoms with van der Waals surface area (Å²) in [5, 5.41) is 20.4. The predicted molar refractivity (Wildman–Crippen MR) is 90.2 cm³/mol. The first-order chi connectivity index (χ1) is 12.9. The summed E-state index contributed by atoms with van der Waals surface area (Å²) in [6, 6.07) is 0. The molecule has 146 valence electrons. The number of hydrogen-bond acceptors (Lipinski definition) is 10. The molecule has 3 rings (SSSR count). The van der Waals surface area contributed by atoms with Crippen molar-refractivity contribution in [3.63, 3.8) is 0 Å². The Kier molecular flexibility index (Phi) is 5.75. The van der Waals surface area contributed by atoms with Crippen molar-refractivity contribution >= 4 is 29.6 Å². The number of fused-ring (bicyclic) bond motifs is 1. The summed E-state index contributed by atoms with van der Waals surface area (Å²) in [6.07, 6.45) is 1.83. The third-order valence-electron chi connectivity index (χ3n) is 4.20. The lowest BCUT2D eigenvalue weighted by molar-refractivity contribution is -0.168. The van der Waals surface area contributed by atoms with Crippen LogP contribution < -0.4 is 0 Å². The molecule has 0 unspecified atom stereocenters. The van der Waals surface area contributed by atoms with E-state index in [0.717, 1.165) is 0 Å². The van der Waals surface area contributed by atoms with Gasteiger partial charge >= 0.3 is 11.9 Å². The van der Waals surface area contributed by atoms with Crippen LogP contribution in [0, 0.1) is 5.92 Å². The number of rotatable bonds is 8. The van der Waals surface area contributed by atoms with Crippen molar-refractivity contribution in [1.29, 1.82) is 0 Å². The zero-order valence-corrected chi connectivity index (χ0v) is 15.6. The van der Waals surface area contributed by atoms with Gasteiger partial charge in [0.1, 0.15) is 17.4 Å². The molecule has 0 aliphatic carbocycles. The van der Waals surface area contributed by atoms with E-state index in [-0.39, 0.29) is 17.0 Å². The van der Waals surface area contributed by atoms with Gasteiger partial charge in [0.15, 0.2) is 0 Å². The standard InChI is InChI=1S/C15H19N5O6S/c1-8(21)11-13(23)20-12(15(24)26-7-25-9(2)22)10(27-14(11)20)4-3-5-19-6-16-17-18-19/h6,8,11,14,21H,3-5,7H2,1-2H3/t8-,11+,14-/m1/s1. The van der Waals surface area contributed by atoms with Gasteiger partial charge in [0.2, 0.25) is 12.7 Å². The Balaban J connectivity index is 1.70. The van der Waals surface area contributed by atoms with Gasteiger partial charge in [0.25, 0.3) is 0 Å². The highest BCUT2D eigenvalue weighted by molar-refractivity contribution is 8.04. The Hall–Kier alpha value is -2.47. The first kappa shape index (κ1) is 19.3. The SMILES string of the molecule is CC(=O)OCOC(=O)C1=C(CCCn2cnnn2)S[C@@H]2[C@@H]([C@@H](C)O)C(=O)N12. The van der Waals surface area contributed by atoms with E-state index in [1.54, 1.807) is 11.6 Å². The minimum Gasteiger partial charge on any atom is -0.428 e. The van der Waals surface area contributed by atoms with E-state index in [4.69, 9.17) is 4.74 Å². The summed E-state index contributed by atoms with van der Waals surface area (Å²) in [6.45, 7) is 2.78. The van der Waals surface area contributed by atoms with Crippen molar-refractivity contribution in [1.82, 2.24) is 25.1 Å². The zero-order chi connectivity index (χ0) is 19.6. The fraction of sp³-hybridized carbons (Fsp3) is 0.600. The highest BCUT2D eigenvalue weighted by Gasteiger charge is 2.57. The van der Waals surface area contributed by atoms with E-state index in [1.165, 1.54) is 29.9 Å². The summed E-state index contributed by atoms with van der Waals surface area (Å²) < 4.78 is 11.2. The molecule has 2 aliphatic rings. The average Bonchev–Trinajstić information content (AvgIpc) is 3.20. The number of nitrogens with zero attached hydrogens (tertiary/aromatic N) is 5. The third-order valence-corrected chi connectivity index (χ3v) is 5.63. The van der Waals surface area contributed by atoms with Crippen LogP contribution >= 0.6 is 11.8 Å². The number of aliphatic hydroxyl groups excluding tert-OH is 1. The number of β-lactam (4-membered cyclic amide) rings is 1. The molecule has 11 nitrogen and oxygen atoms in total. The molecule has 12 heteroatoms. The Labute approximate surface area is 158 Å². The number of allylic oxidation sites excluding steroid dienone is 1. The average molecular weight is 397 g/mol. The molecular formula is C15H19N5O6S. The molecule has 1 saturated heterocycles. The first-order valence-corrected chi connectivity index (χ1v) is 9.20. The van der Waals surface area contributed by atoms with Crippen molar-refractivity contribution in [2.45, 2.75) is 44.7 Å². The molecule has 0 saturated carbocycles. The normalized spacial score (nSPS) is 22.3. The van der Waals surface area contributed by atoms with Crippen molar-refractivity contribution in [3.8, 4) is 0 Å². The number of ether oxygens (including phenoxy) is 2. The number of carbonyl (C=O) groups excluding carboxylic acids is 3. The predicted octanol–water partition coefficient (Wildman–Crippen LogP) is -0.359. The van der Waals surface area contributed by atoms with Crippen LogP contribution in [0.3, 0.4) is 0 Å². The van der Waals surface area contributed by atoms with Crippen LogP contribution in [0.1, 0.15) is 26.7 Å². The Morgan fingerprint density at radius 1 is 1.41 bits per heavy atom. The first-order valence-electron chi connectivity index (χ1n) is 8.32. The van der Waals surface area contributed by atoms with Gasteiger partial charge in [-0.25, -0.2) is 9.48 Å². The molecular weight excluding hydrogens is 378 g/mol. The Morgan fingerprint density at radius 2 is 2.19 bits per heavy atom. The smallest absolute Gasteiger partial charge is 0.358 e. The fourth-order valence-electron chi connectivity index (χ4n) is 2.94. The summed E-state index contributed by atoms with van der Waals surface area (Å²) in [4.78, 5) is 37.7. The van der Waals surface area contributed by atoms with E-state index in [2.05, 4.69) is 20.3 Å². The highest BCUT2D eigenvalue weighted by atomic mass is 32.2. The molecule has 1 amide bonds. The second kappa shape index (κ2) is 8.05. The lowest BCUT2D eigenvalue weighted by Gasteiger charge is -2.43.